The maximum atomic E-state index is 12.6. The molecule has 0 bridgehead atoms. The zero-order valence-electron chi connectivity index (χ0n) is 13.5. The topological polar surface area (TPSA) is 61.4 Å². The maximum Gasteiger partial charge on any atom is 0.279 e. The van der Waals surface area contributed by atoms with Gasteiger partial charge in [0.25, 0.3) is 10.2 Å². The SMILES string of the molecule is CCN(Cc1ccccc1)S(=O)(=O)NCC1(C)CCNCC1. The van der Waals surface area contributed by atoms with E-state index >= 15 is 0 Å². The molecule has 0 saturated carbocycles. The first-order chi connectivity index (χ1) is 10.5. The van der Waals surface area contributed by atoms with Crippen LogP contribution in [0.1, 0.15) is 32.3 Å². The highest BCUT2D eigenvalue weighted by Crippen LogP contribution is 2.27. The van der Waals surface area contributed by atoms with E-state index in [1.54, 1.807) is 0 Å². The second kappa shape index (κ2) is 7.55. The van der Waals surface area contributed by atoms with Crippen molar-refractivity contribution in [3.63, 3.8) is 0 Å². The fraction of sp³-hybridized carbons (Fsp3) is 0.625. The average Bonchev–Trinajstić information content (AvgIpc) is 2.52. The Bertz CT molecular complexity index is 554. The van der Waals surface area contributed by atoms with Crippen molar-refractivity contribution in [1.29, 1.82) is 0 Å². The van der Waals surface area contributed by atoms with Gasteiger partial charge in [0, 0.05) is 19.6 Å². The molecule has 124 valence electrons. The summed E-state index contributed by atoms with van der Waals surface area (Å²) in [5, 5.41) is 3.32. The van der Waals surface area contributed by atoms with Crippen LogP contribution in [0, 0.1) is 5.41 Å². The van der Waals surface area contributed by atoms with Gasteiger partial charge in [0.1, 0.15) is 0 Å². The number of rotatable bonds is 7. The monoisotopic (exact) mass is 325 g/mol. The van der Waals surface area contributed by atoms with Crippen LogP contribution in [0.2, 0.25) is 0 Å². The average molecular weight is 325 g/mol. The number of nitrogens with zero attached hydrogens (tertiary/aromatic N) is 1. The Labute approximate surface area is 134 Å². The van der Waals surface area contributed by atoms with E-state index in [1.807, 2.05) is 37.3 Å². The first-order valence-corrected chi connectivity index (χ1v) is 9.39. The Hall–Kier alpha value is -0.950. The summed E-state index contributed by atoms with van der Waals surface area (Å²) in [4.78, 5) is 0. The highest BCUT2D eigenvalue weighted by molar-refractivity contribution is 7.87. The third-order valence-electron chi connectivity index (χ3n) is 4.39. The van der Waals surface area contributed by atoms with Crippen molar-refractivity contribution in [2.75, 3.05) is 26.2 Å². The smallest absolute Gasteiger partial charge is 0.279 e. The molecule has 0 spiro atoms. The minimum Gasteiger partial charge on any atom is -0.317 e. The predicted octanol–water partition coefficient (Wildman–Crippen LogP) is 1.73. The van der Waals surface area contributed by atoms with Crippen molar-refractivity contribution in [1.82, 2.24) is 14.3 Å². The second-order valence-corrected chi connectivity index (χ2v) is 8.05. The lowest BCUT2D eigenvalue weighted by molar-refractivity contribution is 0.230. The summed E-state index contributed by atoms with van der Waals surface area (Å²) in [5.41, 5.74) is 1.05. The summed E-state index contributed by atoms with van der Waals surface area (Å²) in [6, 6.07) is 9.70. The second-order valence-electron chi connectivity index (χ2n) is 6.30. The van der Waals surface area contributed by atoms with Gasteiger partial charge in [-0.1, -0.05) is 44.2 Å². The molecule has 0 amide bonds. The van der Waals surface area contributed by atoms with Gasteiger partial charge in [-0.15, -0.1) is 0 Å². The van der Waals surface area contributed by atoms with Gasteiger partial charge in [-0.3, -0.25) is 0 Å². The molecule has 1 aromatic rings. The van der Waals surface area contributed by atoms with Gasteiger partial charge in [0.15, 0.2) is 0 Å². The molecule has 1 heterocycles. The molecule has 1 aliphatic rings. The van der Waals surface area contributed by atoms with Gasteiger partial charge in [0.05, 0.1) is 0 Å². The molecule has 2 rings (SSSR count). The largest absolute Gasteiger partial charge is 0.317 e. The Kier molecular flexibility index (Phi) is 5.97. The van der Waals surface area contributed by atoms with E-state index in [2.05, 4.69) is 17.0 Å². The molecule has 22 heavy (non-hydrogen) atoms. The molecule has 6 heteroatoms. The molecule has 1 fully saturated rings. The first-order valence-electron chi connectivity index (χ1n) is 7.95. The molecule has 0 atom stereocenters. The van der Waals surface area contributed by atoms with Gasteiger partial charge in [-0.2, -0.15) is 12.7 Å². The van der Waals surface area contributed by atoms with Crippen LogP contribution in [-0.2, 0) is 16.8 Å². The van der Waals surface area contributed by atoms with Gasteiger partial charge in [-0.25, -0.2) is 4.72 Å². The van der Waals surface area contributed by atoms with E-state index in [9.17, 15) is 8.42 Å². The van der Waals surface area contributed by atoms with Gasteiger partial charge < -0.3 is 5.32 Å². The summed E-state index contributed by atoms with van der Waals surface area (Å²) in [6.07, 6.45) is 2.00. The van der Waals surface area contributed by atoms with Crippen molar-refractivity contribution in [3.05, 3.63) is 35.9 Å². The first kappa shape index (κ1) is 17.4. The summed E-state index contributed by atoms with van der Waals surface area (Å²) in [5.74, 6) is 0. The number of benzene rings is 1. The molecule has 1 aliphatic heterocycles. The lowest BCUT2D eigenvalue weighted by Crippen LogP contribution is -2.47. The number of hydrogen-bond donors (Lipinski definition) is 2. The van der Waals surface area contributed by atoms with E-state index in [0.29, 0.717) is 19.6 Å². The third kappa shape index (κ3) is 4.78. The quantitative estimate of drug-likeness (QED) is 0.803. The molecule has 1 saturated heterocycles. The predicted molar refractivity (Wildman–Crippen MR) is 89.7 cm³/mol. The summed E-state index contributed by atoms with van der Waals surface area (Å²) < 4.78 is 29.4. The number of piperidine rings is 1. The van der Waals surface area contributed by atoms with Crippen molar-refractivity contribution in [2.24, 2.45) is 5.41 Å². The summed E-state index contributed by atoms with van der Waals surface area (Å²) in [7, 11) is -3.45. The van der Waals surface area contributed by atoms with Gasteiger partial charge in [-0.05, 0) is 36.9 Å². The van der Waals surface area contributed by atoms with Crippen molar-refractivity contribution in [3.8, 4) is 0 Å². The molecular formula is C16H27N3O2S. The third-order valence-corrected chi connectivity index (χ3v) is 5.96. The molecule has 0 aliphatic carbocycles. The van der Waals surface area contributed by atoms with E-state index in [1.165, 1.54) is 4.31 Å². The molecule has 1 aromatic carbocycles. The highest BCUT2D eigenvalue weighted by Gasteiger charge is 2.30. The molecular weight excluding hydrogens is 298 g/mol. The van der Waals surface area contributed by atoms with E-state index in [4.69, 9.17) is 0 Å². The van der Waals surface area contributed by atoms with Gasteiger partial charge in [0.2, 0.25) is 0 Å². The van der Waals surface area contributed by atoms with E-state index in [0.717, 1.165) is 31.5 Å². The minimum atomic E-state index is -3.45. The lowest BCUT2D eigenvalue weighted by atomic mass is 9.81. The molecule has 0 unspecified atom stereocenters. The van der Waals surface area contributed by atoms with Crippen LogP contribution in [-0.4, -0.2) is 38.9 Å². The summed E-state index contributed by atoms with van der Waals surface area (Å²) in [6.45, 7) is 7.31. The van der Waals surface area contributed by atoms with Crippen LogP contribution in [0.5, 0.6) is 0 Å². The van der Waals surface area contributed by atoms with Crippen LogP contribution < -0.4 is 10.0 Å². The Balaban J connectivity index is 1.97. The lowest BCUT2D eigenvalue weighted by Gasteiger charge is -2.34. The molecule has 0 aromatic heterocycles. The highest BCUT2D eigenvalue weighted by atomic mass is 32.2. The summed E-state index contributed by atoms with van der Waals surface area (Å²) >= 11 is 0. The van der Waals surface area contributed by atoms with Crippen LogP contribution in [0.25, 0.3) is 0 Å². The van der Waals surface area contributed by atoms with Gasteiger partial charge >= 0.3 is 0 Å². The van der Waals surface area contributed by atoms with Crippen molar-refractivity contribution >= 4 is 10.2 Å². The Morgan fingerprint density at radius 2 is 1.86 bits per heavy atom. The van der Waals surface area contributed by atoms with Crippen LogP contribution in [0.4, 0.5) is 0 Å². The zero-order chi connectivity index (χ0) is 16.1. The van der Waals surface area contributed by atoms with Crippen LogP contribution >= 0.6 is 0 Å². The molecule has 0 radical (unpaired) electrons. The fourth-order valence-corrected chi connectivity index (χ4v) is 4.09. The Morgan fingerprint density at radius 1 is 1.23 bits per heavy atom. The standard InChI is InChI=1S/C16H27N3O2S/c1-3-19(13-15-7-5-4-6-8-15)22(20,21)18-14-16(2)9-11-17-12-10-16/h4-8,17-18H,3,9-14H2,1-2H3. The number of nitrogens with one attached hydrogen (secondary N) is 2. The van der Waals surface area contributed by atoms with Crippen LogP contribution in [0.3, 0.4) is 0 Å². The fourth-order valence-electron chi connectivity index (χ4n) is 2.72. The normalized spacial score (nSPS) is 18.5. The maximum absolute atomic E-state index is 12.6. The van der Waals surface area contributed by atoms with E-state index < -0.39 is 10.2 Å². The number of hydrogen-bond acceptors (Lipinski definition) is 3. The van der Waals surface area contributed by atoms with Crippen molar-refractivity contribution < 1.29 is 8.42 Å². The zero-order valence-corrected chi connectivity index (χ0v) is 14.3. The Morgan fingerprint density at radius 3 is 2.45 bits per heavy atom. The van der Waals surface area contributed by atoms with Crippen molar-refractivity contribution in [2.45, 2.75) is 33.2 Å². The van der Waals surface area contributed by atoms with E-state index in [-0.39, 0.29) is 5.41 Å². The molecule has 2 N–H and O–H groups in total. The molecule has 5 nitrogen and oxygen atoms in total. The van der Waals surface area contributed by atoms with Crippen LogP contribution in [0.15, 0.2) is 30.3 Å². The minimum absolute atomic E-state index is 0.0461.